The number of likely N-dealkylation sites (tertiary alicyclic amines) is 1. The number of ether oxygens (including phenoxy) is 1. The van der Waals surface area contributed by atoms with E-state index in [0.717, 1.165) is 0 Å². The first-order valence-electron chi connectivity index (χ1n) is 6.34. The van der Waals surface area contributed by atoms with Gasteiger partial charge < -0.3 is 9.84 Å². The van der Waals surface area contributed by atoms with E-state index in [1.807, 2.05) is 13.8 Å². The molecule has 0 bridgehead atoms. The average Bonchev–Trinajstić information content (AvgIpc) is 2.18. The number of carbonyl (C=O) groups is 2. The monoisotopic (exact) mass is 257 g/mol. The van der Waals surface area contributed by atoms with Crippen LogP contribution < -0.4 is 0 Å². The first kappa shape index (κ1) is 14.8. The van der Waals surface area contributed by atoms with Crippen molar-refractivity contribution in [2.24, 2.45) is 11.8 Å². The molecular weight excluding hydrogens is 234 g/mol. The fourth-order valence-electron chi connectivity index (χ4n) is 2.09. The molecule has 1 N–H and O–H groups in total. The minimum atomic E-state index is -0.959. The van der Waals surface area contributed by atoms with E-state index in [4.69, 9.17) is 4.74 Å². The Hall–Kier alpha value is -1.26. The lowest BCUT2D eigenvalue weighted by Crippen LogP contribution is -2.53. The van der Waals surface area contributed by atoms with Crippen molar-refractivity contribution in [3.05, 3.63) is 0 Å². The summed E-state index contributed by atoms with van der Waals surface area (Å²) in [6, 6.07) is -0.772. The van der Waals surface area contributed by atoms with Gasteiger partial charge in [0.1, 0.15) is 11.6 Å². The van der Waals surface area contributed by atoms with E-state index < -0.39 is 23.7 Å². The van der Waals surface area contributed by atoms with Crippen LogP contribution in [-0.2, 0) is 9.53 Å². The highest BCUT2D eigenvalue weighted by Gasteiger charge is 2.39. The molecule has 1 rings (SSSR count). The molecule has 1 aliphatic heterocycles. The van der Waals surface area contributed by atoms with Crippen LogP contribution in [0.2, 0.25) is 0 Å². The predicted octanol–water partition coefficient (Wildman–Crippen LogP) is 2.35. The summed E-state index contributed by atoms with van der Waals surface area (Å²) >= 11 is 0. The van der Waals surface area contributed by atoms with Gasteiger partial charge in [0.2, 0.25) is 0 Å². The van der Waals surface area contributed by atoms with Gasteiger partial charge in [-0.1, -0.05) is 13.8 Å². The van der Waals surface area contributed by atoms with Crippen LogP contribution in [0, 0.1) is 11.8 Å². The Balaban J connectivity index is 2.82. The number of nitrogens with zero attached hydrogens (tertiary/aromatic N) is 1. The van der Waals surface area contributed by atoms with Crippen LogP contribution in [0.25, 0.3) is 0 Å². The highest BCUT2D eigenvalue weighted by atomic mass is 16.6. The zero-order chi connectivity index (χ0) is 14.1. The third-order valence-corrected chi connectivity index (χ3v) is 3.34. The van der Waals surface area contributed by atoms with Gasteiger partial charge in [-0.15, -0.1) is 0 Å². The molecule has 1 fully saturated rings. The molecule has 1 saturated heterocycles. The summed E-state index contributed by atoms with van der Waals surface area (Å²) in [6.07, 6.45) is -0.0518. The second-order valence-electron chi connectivity index (χ2n) is 6.18. The van der Waals surface area contributed by atoms with Gasteiger partial charge >= 0.3 is 12.1 Å². The highest BCUT2D eigenvalue weighted by Crippen LogP contribution is 2.28. The molecule has 0 spiro atoms. The van der Waals surface area contributed by atoms with Crippen molar-refractivity contribution in [3.8, 4) is 0 Å². The van der Waals surface area contributed by atoms with E-state index in [2.05, 4.69) is 0 Å². The van der Waals surface area contributed by atoms with Crippen molar-refractivity contribution in [1.29, 1.82) is 0 Å². The molecule has 5 heteroatoms. The van der Waals surface area contributed by atoms with Crippen molar-refractivity contribution in [3.63, 3.8) is 0 Å². The fraction of sp³-hybridized carbons (Fsp3) is 0.846. The maximum absolute atomic E-state index is 12.0. The normalized spacial score (nSPS) is 28.9. The van der Waals surface area contributed by atoms with Crippen LogP contribution in [0.3, 0.4) is 0 Å². The molecule has 3 unspecified atom stereocenters. The number of carbonyl (C=O) groups excluding carboxylic acids is 1. The molecule has 104 valence electrons. The molecule has 1 amide bonds. The number of carboxylic acids is 1. The molecule has 0 aromatic rings. The van der Waals surface area contributed by atoms with Gasteiger partial charge in [-0.05, 0) is 39.0 Å². The summed E-state index contributed by atoms with van der Waals surface area (Å²) in [5.41, 5.74) is -0.605. The molecule has 1 heterocycles. The van der Waals surface area contributed by atoms with E-state index >= 15 is 0 Å². The average molecular weight is 257 g/mol. The zero-order valence-electron chi connectivity index (χ0n) is 11.8. The van der Waals surface area contributed by atoms with Gasteiger partial charge in [-0.2, -0.15) is 0 Å². The second-order valence-corrected chi connectivity index (χ2v) is 6.18. The minimum absolute atomic E-state index is 0.285. The van der Waals surface area contributed by atoms with Gasteiger partial charge in [-0.3, -0.25) is 4.90 Å². The van der Waals surface area contributed by atoms with Crippen LogP contribution in [-0.4, -0.2) is 40.3 Å². The molecule has 0 aliphatic carbocycles. The molecule has 0 aromatic carbocycles. The Morgan fingerprint density at radius 2 is 1.78 bits per heavy atom. The van der Waals surface area contributed by atoms with Crippen molar-refractivity contribution in [2.75, 3.05) is 6.54 Å². The molecule has 18 heavy (non-hydrogen) atoms. The second kappa shape index (κ2) is 5.16. The molecule has 3 atom stereocenters. The Morgan fingerprint density at radius 1 is 1.22 bits per heavy atom. The first-order chi connectivity index (χ1) is 8.11. The number of amides is 1. The number of carboxylic acid groups (broad SMARTS) is 1. The molecule has 0 aromatic heterocycles. The summed E-state index contributed by atoms with van der Waals surface area (Å²) in [7, 11) is 0. The fourth-order valence-corrected chi connectivity index (χ4v) is 2.09. The van der Waals surface area contributed by atoms with Crippen LogP contribution in [0.4, 0.5) is 4.79 Å². The summed E-state index contributed by atoms with van der Waals surface area (Å²) in [6.45, 7) is 9.81. The van der Waals surface area contributed by atoms with Gasteiger partial charge in [0, 0.05) is 6.54 Å². The van der Waals surface area contributed by atoms with E-state index in [1.54, 1.807) is 20.8 Å². The molecule has 1 aliphatic rings. The standard InChI is InChI=1S/C13H23NO4/c1-8-6-10(11(15)16)14(7-9(8)2)12(17)18-13(3,4)5/h8-10H,6-7H2,1-5H3,(H,15,16). The minimum Gasteiger partial charge on any atom is -0.480 e. The number of aliphatic carboxylic acids is 1. The van der Waals surface area contributed by atoms with Gasteiger partial charge in [-0.25, -0.2) is 9.59 Å². The van der Waals surface area contributed by atoms with Crippen molar-refractivity contribution in [1.82, 2.24) is 4.90 Å². The quantitative estimate of drug-likeness (QED) is 0.783. The highest BCUT2D eigenvalue weighted by molar-refractivity contribution is 5.80. The SMILES string of the molecule is CC1CC(C(=O)O)N(C(=O)OC(C)(C)C)CC1C. The van der Waals surface area contributed by atoms with E-state index in [-0.39, 0.29) is 5.92 Å². The maximum Gasteiger partial charge on any atom is 0.411 e. The number of hydrogen-bond donors (Lipinski definition) is 1. The first-order valence-corrected chi connectivity index (χ1v) is 6.34. The van der Waals surface area contributed by atoms with Gasteiger partial charge in [0.05, 0.1) is 0 Å². The third kappa shape index (κ3) is 3.62. The smallest absolute Gasteiger partial charge is 0.411 e. The number of rotatable bonds is 1. The lowest BCUT2D eigenvalue weighted by atomic mass is 9.84. The summed E-state index contributed by atoms with van der Waals surface area (Å²) < 4.78 is 5.26. The maximum atomic E-state index is 12.0. The van der Waals surface area contributed by atoms with Crippen LogP contribution >= 0.6 is 0 Å². The lowest BCUT2D eigenvalue weighted by Gasteiger charge is -2.40. The molecule has 5 nitrogen and oxygen atoms in total. The summed E-state index contributed by atoms with van der Waals surface area (Å²) in [5.74, 6) is -0.377. The van der Waals surface area contributed by atoms with Crippen LogP contribution in [0.5, 0.6) is 0 Å². The van der Waals surface area contributed by atoms with E-state index in [0.29, 0.717) is 18.9 Å². The Kier molecular flexibility index (Phi) is 4.24. The molecular formula is C13H23NO4. The largest absolute Gasteiger partial charge is 0.480 e. The predicted molar refractivity (Wildman–Crippen MR) is 67.3 cm³/mol. The van der Waals surface area contributed by atoms with E-state index in [9.17, 15) is 14.7 Å². The Morgan fingerprint density at radius 3 is 2.22 bits per heavy atom. The van der Waals surface area contributed by atoms with Gasteiger partial charge in [0.25, 0.3) is 0 Å². The summed E-state index contributed by atoms with van der Waals surface area (Å²) in [4.78, 5) is 24.6. The summed E-state index contributed by atoms with van der Waals surface area (Å²) in [5, 5.41) is 9.21. The molecule has 0 saturated carbocycles. The zero-order valence-corrected chi connectivity index (χ0v) is 11.8. The van der Waals surface area contributed by atoms with Crippen molar-refractivity contribution < 1.29 is 19.4 Å². The van der Waals surface area contributed by atoms with E-state index in [1.165, 1.54) is 4.90 Å². The lowest BCUT2D eigenvalue weighted by molar-refractivity contribution is -0.145. The number of piperidine rings is 1. The Bertz CT molecular complexity index is 334. The van der Waals surface area contributed by atoms with Gasteiger partial charge in [0.15, 0.2) is 0 Å². The molecule has 0 radical (unpaired) electrons. The van der Waals surface area contributed by atoms with Crippen molar-refractivity contribution in [2.45, 2.75) is 52.7 Å². The van der Waals surface area contributed by atoms with Crippen LogP contribution in [0.1, 0.15) is 41.0 Å². The number of hydrogen-bond acceptors (Lipinski definition) is 3. The Labute approximate surface area is 108 Å². The topological polar surface area (TPSA) is 66.8 Å². The van der Waals surface area contributed by atoms with Crippen LogP contribution in [0.15, 0.2) is 0 Å². The van der Waals surface area contributed by atoms with Crippen molar-refractivity contribution >= 4 is 12.1 Å². The third-order valence-electron chi connectivity index (χ3n) is 3.34.